The van der Waals surface area contributed by atoms with Crippen LogP contribution >= 0.6 is 11.6 Å². The molecule has 134 valence electrons. The van der Waals surface area contributed by atoms with Gasteiger partial charge in [-0.2, -0.15) is 0 Å². The highest BCUT2D eigenvalue weighted by Crippen LogP contribution is 2.63. The molecule has 0 aliphatic heterocycles. The number of hydrogen-bond donors (Lipinski definition) is 1. The fraction of sp³-hybridized carbons (Fsp3) is 0.368. The third-order valence-corrected chi connectivity index (χ3v) is 7.64. The Balaban J connectivity index is 2.07. The summed E-state index contributed by atoms with van der Waals surface area (Å²) in [5.74, 6) is -0.234. The zero-order valence-electron chi connectivity index (χ0n) is 14.3. The van der Waals surface area contributed by atoms with Gasteiger partial charge in [0.1, 0.15) is 0 Å². The Kier molecular flexibility index (Phi) is 4.95. The van der Waals surface area contributed by atoms with Crippen molar-refractivity contribution in [2.24, 2.45) is 11.1 Å². The molecule has 0 amide bonds. The fourth-order valence-corrected chi connectivity index (χ4v) is 6.41. The molecule has 2 N–H and O–H groups in total. The van der Waals surface area contributed by atoms with Gasteiger partial charge in [0.25, 0.3) is 0 Å². The van der Waals surface area contributed by atoms with E-state index in [1.165, 1.54) is 0 Å². The largest absolute Gasteiger partial charge is 0.384 e. The van der Waals surface area contributed by atoms with Gasteiger partial charge in [0, 0.05) is 30.0 Å². The van der Waals surface area contributed by atoms with Crippen LogP contribution in [0.2, 0.25) is 5.02 Å². The molecule has 3 rings (SSSR count). The summed E-state index contributed by atoms with van der Waals surface area (Å²) in [5.41, 5.74) is 7.30. The lowest BCUT2D eigenvalue weighted by molar-refractivity contribution is 0.142. The normalized spacial score (nSPS) is 25.8. The molecule has 0 spiro atoms. The van der Waals surface area contributed by atoms with Crippen molar-refractivity contribution in [3.05, 3.63) is 64.7 Å². The van der Waals surface area contributed by atoms with Gasteiger partial charge < -0.3 is 10.5 Å². The molecule has 0 heterocycles. The lowest BCUT2D eigenvalue weighted by atomic mass is 10.00. The second-order valence-corrected chi connectivity index (χ2v) is 9.19. The molecule has 1 saturated carbocycles. The predicted molar refractivity (Wildman–Crippen MR) is 99.7 cm³/mol. The molecule has 0 unspecified atom stereocenters. The van der Waals surface area contributed by atoms with E-state index in [2.05, 4.69) is 0 Å². The average Bonchev–Trinajstić information content (AvgIpc) is 3.26. The van der Waals surface area contributed by atoms with Crippen molar-refractivity contribution in [1.82, 2.24) is 0 Å². The maximum Gasteiger partial charge on any atom is 0.182 e. The van der Waals surface area contributed by atoms with Crippen LogP contribution < -0.4 is 5.73 Å². The maximum absolute atomic E-state index is 13.3. The summed E-state index contributed by atoms with van der Waals surface area (Å²) in [4.78, 5) is 0.321. The number of aryl methyl sites for hydroxylation is 1. The Hall–Kier alpha value is -1.40. The number of nitrogens with two attached hydrogens (primary N) is 1. The summed E-state index contributed by atoms with van der Waals surface area (Å²) in [6, 6.07) is 14.3. The Labute approximate surface area is 153 Å². The first-order valence-corrected chi connectivity index (χ1v) is 10.0. The standard InChI is InChI=1S/C19H22ClNO3S/c1-13-6-8-16(9-7-13)25(22,23)18-17(19(18,11-21)12-24-2)14-4-3-5-15(20)10-14/h3-10,17-18H,11-12,21H2,1-2H3/t17-,18-,19-/m0/s1. The molecule has 0 radical (unpaired) electrons. The molecular weight excluding hydrogens is 358 g/mol. The summed E-state index contributed by atoms with van der Waals surface area (Å²) in [7, 11) is -1.97. The molecule has 3 atom stereocenters. The highest BCUT2D eigenvalue weighted by atomic mass is 35.5. The molecule has 6 heteroatoms. The zero-order valence-corrected chi connectivity index (χ0v) is 15.8. The molecule has 2 aromatic rings. The van der Waals surface area contributed by atoms with Crippen LogP contribution in [0.25, 0.3) is 0 Å². The number of benzene rings is 2. The van der Waals surface area contributed by atoms with Gasteiger partial charge >= 0.3 is 0 Å². The van der Waals surface area contributed by atoms with Crippen LogP contribution in [-0.4, -0.2) is 33.9 Å². The topological polar surface area (TPSA) is 69.4 Å². The summed E-state index contributed by atoms with van der Waals surface area (Å²) in [6.07, 6.45) is 0. The molecule has 1 fully saturated rings. The second kappa shape index (κ2) is 6.72. The molecule has 25 heavy (non-hydrogen) atoms. The van der Waals surface area contributed by atoms with E-state index in [4.69, 9.17) is 22.1 Å². The van der Waals surface area contributed by atoms with E-state index in [0.717, 1.165) is 11.1 Å². The molecular formula is C19H22ClNO3S. The smallest absolute Gasteiger partial charge is 0.182 e. The molecule has 0 saturated heterocycles. The third-order valence-electron chi connectivity index (χ3n) is 5.06. The van der Waals surface area contributed by atoms with Crippen molar-refractivity contribution in [3.63, 3.8) is 0 Å². The van der Waals surface area contributed by atoms with Gasteiger partial charge in [0.15, 0.2) is 9.84 Å². The minimum Gasteiger partial charge on any atom is -0.384 e. The van der Waals surface area contributed by atoms with Crippen LogP contribution in [0.15, 0.2) is 53.4 Å². The van der Waals surface area contributed by atoms with Gasteiger partial charge in [-0.1, -0.05) is 41.4 Å². The van der Waals surface area contributed by atoms with Crippen molar-refractivity contribution in [2.75, 3.05) is 20.3 Å². The number of methoxy groups -OCH3 is 1. The number of hydrogen-bond acceptors (Lipinski definition) is 4. The van der Waals surface area contributed by atoms with Crippen molar-refractivity contribution >= 4 is 21.4 Å². The van der Waals surface area contributed by atoms with Crippen LogP contribution in [0.1, 0.15) is 17.0 Å². The predicted octanol–water partition coefficient (Wildman–Crippen LogP) is 3.18. The van der Waals surface area contributed by atoms with Gasteiger partial charge in [0.2, 0.25) is 0 Å². The number of rotatable bonds is 6. The van der Waals surface area contributed by atoms with Crippen LogP contribution in [0.5, 0.6) is 0 Å². The molecule has 4 nitrogen and oxygen atoms in total. The maximum atomic E-state index is 13.3. The van der Waals surface area contributed by atoms with Gasteiger partial charge in [-0.3, -0.25) is 0 Å². The van der Waals surface area contributed by atoms with Crippen molar-refractivity contribution in [3.8, 4) is 0 Å². The molecule has 2 aromatic carbocycles. The SMILES string of the molecule is COC[C@@]1(CN)[C@@H](c2cccc(Cl)c2)[C@@H]1S(=O)(=O)c1ccc(C)cc1. The van der Waals surface area contributed by atoms with Crippen LogP contribution in [-0.2, 0) is 14.6 Å². The quantitative estimate of drug-likeness (QED) is 0.836. The Bertz CT molecular complexity index is 866. The Morgan fingerprint density at radius 3 is 2.44 bits per heavy atom. The molecule has 0 bridgehead atoms. The van der Waals surface area contributed by atoms with Crippen LogP contribution in [0.3, 0.4) is 0 Å². The van der Waals surface area contributed by atoms with E-state index in [-0.39, 0.29) is 19.1 Å². The fourth-order valence-electron chi connectivity index (χ4n) is 3.77. The molecule has 0 aromatic heterocycles. The first-order chi connectivity index (χ1) is 11.9. The van der Waals surface area contributed by atoms with E-state index in [1.807, 2.05) is 37.3 Å². The zero-order chi connectivity index (χ0) is 18.2. The average molecular weight is 380 g/mol. The van der Waals surface area contributed by atoms with Gasteiger partial charge in [0.05, 0.1) is 16.8 Å². The van der Waals surface area contributed by atoms with E-state index < -0.39 is 20.5 Å². The van der Waals surface area contributed by atoms with Crippen molar-refractivity contribution in [1.29, 1.82) is 0 Å². The first kappa shape index (κ1) is 18.4. The minimum atomic E-state index is -3.54. The lowest BCUT2D eigenvalue weighted by Gasteiger charge is -2.15. The minimum absolute atomic E-state index is 0.230. The highest BCUT2D eigenvalue weighted by Gasteiger charge is 2.70. The monoisotopic (exact) mass is 379 g/mol. The second-order valence-electron chi connectivity index (χ2n) is 6.68. The summed E-state index contributed by atoms with van der Waals surface area (Å²) < 4.78 is 31.9. The molecule has 1 aliphatic rings. The summed E-state index contributed by atoms with van der Waals surface area (Å²) in [6.45, 7) is 2.45. The molecule has 1 aliphatic carbocycles. The first-order valence-electron chi connectivity index (χ1n) is 8.12. The van der Waals surface area contributed by atoms with E-state index in [9.17, 15) is 8.42 Å². The van der Waals surface area contributed by atoms with E-state index >= 15 is 0 Å². The highest BCUT2D eigenvalue weighted by molar-refractivity contribution is 7.92. The third kappa shape index (κ3) is 3.10. The van der Waals surface area contributed by atoms with Gasteiger partial charge in [-0.15, -0.1) is 0 Å². The summed E-state index contributed by atoms with van der Waals surface area (Å²) in [5, 5.41) is -0.0367. The van der Waals surface area contributed by atoms with Crippen molar-refractivity contribution in [2.45, 2.75) is 23.0 Å². The van der Waals surface area contributed by atoms with E-state index in [1.54, 1.807) is 25.3 Å². The van der Waals surface area contributed by atoms with Crippen LogP contribution in [0, 0.1) is 12.3 Å². The Morgan fingerprint density at radius 2 is 1.88 bits per heavy atom. The van der Waals surface area contributed by atoms with E-state index in [0.29, 0.717) is 9.92 Å². The summed E-state index contributed by atoms with van der Waals surface area (Å²) >= 11 is 6.11. The Morgan fingerprint density at radius 1 is 1.20 bits per heavy atom. The lowest BCUT2D eigenvalue weighted by Crippen LogP contribution is -2.28. The van der Waals surface area contributed by atoms with Crippen LogP contribution in [0.4, 0.5) is 0 Å². The van der Waals surface area contributed by atoms with Gasteiger partial charge in [-0.05, 0) is 36.8 Å². The number of halogens is 1. The van der Waals surface area contributed by atoms with Gasteiger partial charge in [-0.25, -0.2) is 8.42 Å². The van der Waals surface area contributed by atoms with Crippen molar-refractivity contribution < 1.29 is 13.2 Å². The number of ether oxygens (including phenoxy) is 1. The number of sulfone groups is 1.